The fourth-order valence-corrected chi connectivity index (χ4v) is 2.56. The molecule has 2 N–H and O–H groups in total. The summed E-state index contributed by atoms with van der Waals surface area (Å²) in [4.78, 5) is 12.1. The predicted octanol–water partition coefficient (Wildman–Crippen LogP) is 3.56. The van der Waals surface area contributed by atoms with Gasteiger partial charge in [-0.25, -0.2) is 0 Å². The van der Waals surface area contributed by atoms with Crippen molar-refractivity contribution in [2.24, 2.45) is 0 Å². The summed E-state index contributed by atoms with van der Waals surface area (Å²) in [6.45, 7) is 3.98. The summed E-state index contributed by atoms with van der Waals surface area (Å²) >= 11 is 0. The van der Waals surface area contributed by atoms with Gasteiger partial charge in [0.25, 0.3) is 0 Å². The van der Waals surface area contributed by atoms with E-state index in [0.717, 1.165) is 6.42 Å². The average molecular weight is 358 g/mol. The lowest BCUT2D eigenvalue weighted by atomic mass is 9.99. The maximum Gasteiger partial charge on any atom is 0.314 e. The molecule has 0 heterocycles. The van der Waals surface area contributed by atoms with Crippen LogP contribution < -0.4 is 9.47 Å². The van der Waals surface area contributed by atoms with E-state index in [0.29, 0.717) is 22.8 Å². The molecule has 0 spiro atoms. The Balaban J connectivity index is 1.88. The molecule has 5 nitrogen and oxygen atoms in total. The van der Waals surface area contributed by atoms with Crippen LogP contribution in [-0.2, 0) is 18.0 Å². The molecule has 1 atom stereocenters. The van der Waals surface area contributed by atoms with E-state index >= 15 is 0 Å². The Kier molecular flexibility index (Phi) is 7.63. The zero-order chi connectivity index (χ0) is 18.9. The normalized spacial score (nSPS) is 11.8. The van der Waals surface area contributed by atoms with Crippen molar-refractivity contribution in [2.45, 2.75) is 45.8 Å². The third kappa shape index (κ3) is 5.31. The second-order valence-electron chi connectivity index (χ2n) is 6.17. The van der Waals surface area contributed by atoms with E-state index in [4.69, 9.17) is 9.47 Å². The molecule has 1 unspecified atom stereocenters. The highest BCUT2D eigenvalue weighted by Gasteiger charge is 2.13. The largest absolute Gasteiger partial charge is 0.493 e. The summed E-state index contributed by atoms with van der Waals surface area (Å²) in [5, 5.41) is 18.7. The standard InChI is InChI=1S/C21H26O5/c1-3-15(2)16-7-9-19(10-8-16)25-12-11-20(24)26-21-17(13-22)5-4-6-18(21)14-23/h4-10,15,22-23H,3,11-14H2,1-2H3. The molecule has 0 aliphatic carbocycles. The lowest BCUT2D eigenvalue weighted by molar-refractivity contribution is -0.135. The summed E-state index contributed by atoms with van der Waals surface area (Å²) in [6.07, 6.45) is 1.15. The van der Waals surface area contributed by atoms with Gasteiger partial charge < -0.3 is 19.7 Å². The van der Waals surface area contributed by atoms with Gasteiger partial charge in [0.1, 0.15) is 11.5 Å². The van der Waals surface area contributed by atoms with E-state index < -0.39 is 5.97 Å². The fourth-order valence-electron chi connectivity index (χ4n) is 2.56. The highest BCUT2D eigenvalue weighted by molar-refractivity contribution is 5.73. The number of benzene rings is 2. The Labute approximate surface area is 154 Å². The van der Waals surface area contributed by atoms with Crippen LogP contribution in [0.5, 0.6) is 11.5 Å². The molecule has 5 heteroatoms. The van der Waals surface area contributed by atoms with Crippen molar-refractivity contribution in [1.29, 1.82) is 0 Å². The second-order valence-corrected chi connectivity index (χ2v) is 6.17. The summed E-state index contributed by atoms with van der Waals surface area (Å²) in [5.41, 5.74) is 2.19. The Morgan fingerprint density at radius 1 is 1.04 bits per heavy atom. The highest BCUT2D eigenvalue weighted by atomic mass is 16.5. The van der Waals surface area contributed by atoms with Crippen LogP contribution in [0.3, 0.4) is 0 Å². The molecule has 0 saturated carbocycles. The van der Waals surface area contributed by atoms with Gasteiger partial charge in [-0.15, -0.1) is 0 Å². The first-order valence-electron chi connectivity index (χ1n) is 8.85. The molecule has 0 aromatic heterocycles. The number of aliphatic hydroxyl groups is 2. The van der Waals surface area contributed by atoms with Gasteiger partial charge in [0.2, 0.25) is 0 Å². The van der Waals surface area contributed by atoms with Crippen LogP contribution in [0.25, 0.3) is 0 Å². The third-order valence-corrected chi connectivity index (χ3v) is 4.37. The minimum absolute atomic E-state index is 0.0672. The van der Waals surface area contributed by atoms with Crippen molar-refractivity contribution in [3.05, 3.63) is 59.2 Å². The molecule has 26 heavy (non-hydrogen) atoms. The van der Waals surface area contributed by atoms with Gasteiger partial charge in [0.05, 0.1) is 26.2 Å². The molecule has 0 saturated heterocycles. The van der Waals surface area contributed by atoms with Crippen molar-refractivity contribution in [2.75, 3.05) is 6.61 Å². The van der Waals surface area contributed by atoms with Crippen LogP contribution in [0.15, 0.2) is 42.5 Å². The lowest BCUT2D eigenvalue weighted by Gasteiger charge is -2.13. The second kappa shape index (κ2) is 9.94. The highest BCUT2D eigenvalue weighted by Crippen LogP contribution is 2.25. The molecule has 2 aromatic rings. The number of hydrogen-bond donors (Lipinski definition) is 2. The Hall–Kier alpha value is -2.37. The first-order chi connectivity index (χ1) is 12.6. The van der Waals surface area contributed by atoms with Crippen molar-refractivity contribution in [3.63, 3.8) is 0 Å². The Bertz CT molecular complexity index is 687. The molecule has 0 aliphatic heterocycles. The SMILES string of the molecule is CCC(C)c1ccc(OCCC(=O)Oc2c(CO)cccc2CO)cc1. The average Bonchev–Trinajstić information content (AvgIpc) is 2.68. The monoisotopic (exact) mass is 358 g/mol. The van der Waals surface area contributed by atoms with Crippen LogP contribution in [0.1, 0.15) is 49.3 Å². The molecule has 140 valence electrons. The van der Waals surface area contributed by atoms with Crippen LogP contribution in [0.4, 0.5) is 0 Å². The van der Waals surface area contributed by atoms with Crippen molar-refractivity contribution in [1.82, 2.24) is 0 Å². The van der Waals surface area contributed by atoms with E-state index in [1.807, 2.05) is 24.3 Å². The van der Waals surface area contributed by atoms with Gasteiger partial charge in [0, 0.05) is 11.1 Å². The number of rotatable bonds is 9. The minimum atomic E-state index is -0.475. The van der Waals surface area contributed by atoms with Crippen LogP contribution in [0, 0.1) is 0 Å². The van der Waals surface area contributed by atoms with Gasteiger partial charge in [-0.05, 0) is 30.0 Å². The van der Waals surface area contributed by atoms with Gasteiger partial charge in [-0.1, -0.05) is 44.2 Å². The number of esters is 1. The third-order valence-electron chi connectivity index (χ3n) is 4.37. The Morgan fingerprint density at radius 3 is 2.19 bits per heavy atom. The molecule has 2 aromatic carbocycles. The molecule has 0 fully saturated rings. The maximum absolute atomic E-state index is 12.1. The first-order valence-corrected chi connectivity index (χ1v) is 8.85. The molecule has 2 rings (SSSR count). The van der Waals surface area contributed by atoms with E-state index in [9.17, 15) is 15.0 Å². The van der Waals surface area contributed by atoms with E-state index in [1.54, 1.807) is 18.2 Å². The summed E-state index contributed by atoms with van der Waals surface area (Å²) < 4.78 is 10.9. The minimum Gasteiger partial charge on any atom is -0.493 e. The molecular formula is C21H26O5. The summed E-state index contributed by atoms with van der Waals surface area (Å²) in [6, 6.07) is 12.9. The molecular weight excluding hydrogens is 332 g/mol. The molecule has 0 amide bonds. The van der Waals surface area contributed by atoms with Crippen molar-refractivity contribution < 1.29 is 24.5 Å². The predicted molar refractivity (Wildman–Crippen MR) is 99.2 cm³/mol. The van der Waals surface area contributed by atoms with Crippen LogP contribution in [-0.4, -0.2) is 22.8 Å². The summed E-state index contributed by atoms with van der Waals surface area (Å²) in [5.74, 6) is 0.959. The number of para-hydroxylation sites is 1. The van der Waals surface area contributed by atoms with Crippen LogP contribution >= 0.6 is 0 Å². The fraction of sp³-hybridized carbons (Fsp3) is 0.381. The van der Waals surface area contributed by atoms with Crippen LogP contribution in [0.2, 0.25) is 0 Å². The quantitative estimate of drug-likeness (QED) is 0.529. The van der Waals surface area contributed by atoms with E-state index in [-0.39, 0.29) is 32.0 Å². The van der Waals surface area contributed by atoms with Gasteiger partial charge >= 0.3 is 5.97 Å². The van der Waals surface area contributed by atoms with E-state index in [1.165, 1.54) is 5.56 Å². The first kappa shape index (κ1) is 19.9. The topological polar surface area (TPSA) is 76.0 Å². The smallest absolute Gasteiger partial charge is 0.314 e. The zero-order valence-electron chi connectivity index (χ0n) is 15.3. The van der Waals surface area contributed by atoms with E-state index in [2.05, 4.69) is 13.8 Å². The number of aliphatic hydroxyl groups excluding tert-OH is 2. The van der Waals surface area contributed by atoms with Gasteiger partial charge in [-0.3, -0.25) is 4.79 Å². The Morgan fingerprint density at radius 2 is 1.65 bits per heavy atom. The number of carbonyl (C=O) groups excluding carboxylic acids is 1. The molecule has 0 radical (unpaired) electrons. The number of carbonyl (C=O) groups is 1. The van der Waals surface area contributed by atoms with Crippen molar-refractivity contribution >= 4 is 5.97 Å². The number of ether oxygens (including phenoxy) is 2. The van der Waals surface area contributed by atoms with Gasteiger partial charge in [0.15, 0.2) is 0 Å². The lowest BCUT2D eigenvalue weighted by Crippen LogP contribution is -2.14. The van der Waals surface area contributed by atoms with Gasteiger partial charge in [-0.2, -0.15) is 0 Å². The zero-order valence-corrected chi connectivity index (χ0v) is 15.3. The summed E-state index contributed by atoms with van der Waals surface area (Å²) in [7, 11) is 0. The molecule has 0 aliphatic rings. The molecule has 0 bridgehead atoms. The number of hydrogen-bond acceptors (Lipinski definition) is 5. The van der Waals surface area contributed by atoms with Crippen molar-refractivity contribution in [3.8, 4) is 11.5 Å². The maximum atomic E-state index is 12.1.